The van der Waals surface area contributed by atoms with Crippen LogP contribution in [0.2, 0.25) is 5.02 Å². The van der Waals surface area contributed by atoms with E-state index in [1.54, 1.807) is 28.9 Å². The highest BCUT2D eigenvalue weighted by Crippen LogP contribution is 2.17. The molecule has 1 aromatic carbocycles. The summed E-state index contributed by atoms with van der Waals surface area (Å²) in [5.41, 5.74) is 9.53. The van der Waals surface area contributed by atoms with Crippen molar-refractivity contribution < 1.29 is 14.3 Å². The largest absolute Gasteiger partial charge is 0.450 e. The highest BCUT2D eigenvalue weighted by Gasteiger charge is 2.37. The fourth-order valence-corrected chi connectivity index (χ4v) is 3.16. The molecular formula is C16H23ClN6O3. The van der Waals surface area contributed by atoms with Gasteiger partial charge in [-0.2, -0.15) is 5.53 Å². The zero-order valence-electron chi connectivity index (χ0n) is 14.5. The number of hydrogen-bond acceptors (Lipinski definition) is 7. The lowest BCUT2D eigenvalue weighted by Gasteiger charge is -2.35. The first-order valence-corrected chi connectivity index (χ1v) is 8.95. The van der Waals surface area contributed by atoms with Crippen LogP contribution in [0.25, 0.3) is 0 Å². The van der Waals surface area contributed by atoms with Crippen molar-refractivity contribution in [3.05, 3.63) is 29.3 Å². The number of anilines is 1. The first-order valence-electron chi connectivity index (χ1n) is 8.57. The van der Waals surface area contributed by atoms with Crippen LogP contribution < -0.4 is 21.7 Å². The molecule has 0 aliphatic carbocycles. The molecule has 2 unspecified atom stereocenters. The molecular weight excluding hydrogens is 360 g/mol. The number of carbonyl (C=O) groups is 2. The van der Waals surface area contributed by atoms with Crippen LogP contribution in [0.1, 0.15) is 6.92 Å². The predicted molar refractivity (Wildman–Crippen MR) is 97.2 cm³/mol. The van der Waals surface area contributed by atoms with Gasteiger partial charge in [-0.05, 0) is 25.1 Å². The standard InChI is InChI=1S/C16H23ClN6O3/c1-2-26-16(25)23-8-6-22(7-9-23)15(24)13-14(20-21-19-13)18-12-5-3-4-11(17)10-12/h3-5,10,13-14,18-21H,2,6-9H2,1H3. The van der Waals surface area contributed by atoms with E-state index in [-0.39, 0.29) is 18.2 Å². The van der Waals surface area contributed by atoms with Crippen molar-refractivity contribution in [2.24, 2.45) is 0 Å². The van der Waals surface area contributed by atoms with Crippen LogP contribution in [0.3, 0.4) is 0 Å². The van der Waals surface area contributed by atoms with Crippen molar-refractivity contribution >= 4 is 29.3 Å². The van der Waals surface area contributed by atoms with Crippen molar-refractivity contribution in [1.29, 1.82) is 0 Å². The zero-order valence-corrected chi connectivity index (χ0v) is 15.3. The maximum atomic E-state index is 12.9. The molecule has 2 fully saturated rings. The van der Waals surface area contributed by atoms with E-state index in [4.69, 9.17) is 16.3 Å². The minimum atomic E-state index is -0.497. The summed E-state index contributed by atoms with van der Waals surface area (Å²) in [5.74, 6) is -0.0504. The van der Waals surface area contributed by atoms with E-state index in [1.165, 1.54) is 0 Å². The van der Waals surface area contributed by atoms with E-state index in [1.807, 2.05) is 12.1 Å². The van der Waals surface area contributed by atoms with Gasteiger partial charge in [0, 0.05) is 36.9 Å². The van der Waals surface area contributed by atoms with E-state index in [2.05, 4.69) is 21.7 Å². The normalized spacial score (nSPS) is 23.0. The third-order valence-electron chi connectivity index (χ3n) is 4.32. The number of rotatable bonds is 4. The van der Waals surface area contributed by atoms with Crippen molar-refractivity contribution in [3.63, 3.8) is 0 Å². The minimum Gasteiger partial charge on any atom is -0.450 e. The molecule has 0 spiro atoms. The smallest absolute Gasteiger partial charge is 0.409 e. The average molecular weight is 383 g/mol. The Morgan fingerprint density at radius 1 is 1.23 bits per heavy atom. The van der Waals surface area contributed by atoms with Gasteiger partial charge in [-0.3, -0.25) is 4.79 Å². The molecule has 2 saturated heterocycles. The van der Waals surface area contributed by atoms with Gasteiger partial charge in [-0.15, -0.1) is 0 Å². The molecule has 2 amide bonds. The molecule has 10 heteroatoms. The van der Waals surface area contributed by atoms with Crippen LogP contribution in [0.4, 0.5) is 10.5 Å². The maximum absolute atomic E-state index is 12.9. The Bertz CT molecular complexity index is 653. The third kappa shape index (κ3) is 4.36. The second-order valence-electron chi connectivity index (χ2n) is 6.03. The highest BCUT2D eigenvalue weighted by atomic mass is 35.5. The summed E-state index contributed by atoms with van der Waals surface area (Å²) in [7, 11) is 0. The first kappa shape index (κ1) is 18.7. The number of ether oxygens (including phenoxy) is 1. The van der Waals surface area contributed by atoms with Crippen molar-refractivity contribution in [1.82, 2.24) is 26.2 Å². The molecule has 2 atom stereocenters. The number of nitrogens with zero attached hydrogens (tertiary/aromatic N) is 2. The lowest BCUT2D eigenvalue weighted by molar-refractivity contribution is -0.135. The molecule has 0 aromatic heterocycles. The first-order chi connectivity index (χ1) is 12.6. The fraction of sp³-hybridized carbons (Fsp3) is 0.500. The number of carbonyl (C=O) groups excluding carboxylic acids is 2. The second-order valence-corrected chi connectivity index (χ2v) is 6.47. The molecule has 2 heterocycles. The van der Waals surface area contributed by atoms with Gasteiger partial charge in [0.1, 0.15) is 12.2 Å². The Balaban J connectivity index is 1.56. The lowest BCUT2D eigenvalue weighted by Crippen LogP contribution is -2.57. The number of amides is 2. The van der Waals surface area contributed by atoms with Gasteiger partial charge in [-0.25, -0.2) is 15.6 Å². The van der Waals surface area contributed by atoms with Crippen LogP contribution in [-0.2, 0) is 9.53 Å². The summed E-state index contributed by atoms with van der Waals surface area (Å²) in [4.78, 5) is 28.0. The Kier molecular flexibility index (Phi) is 6.15. The number of halogens is 1. The van der Waals surface area contributed by atoms with Gasteiger partial charge in [0.05, 0.1) is 6.61 Å². The number of piperazine rings is 1. The van der Waals surface area contributed by atoms with Crippen molar-refractivity contribution in [3.8, 4) is 0 Å². The van der Waals surface area contributed by atoms with Gasteiger partial charge in [0.15, 0.2) is 0 Å². The number of hydrogen-bond donors (Lipinski definition) is 4. The van der Waals surface area contributed by atoms with Crippen molar-refractivity contribution in [2.45, 2.75) is 19.1 Å². The predicted octanol–water partition coefficient (Wildman–Crippen LogP) is 0.360. The van der Waals surface area contributed by atoms with Gasteiger partial charge >= 0.3 is 6.09 Å². The van der Waals surface area contributed by atoms with Gasteiger partial charge in [0.2, 0.25) is 5.91 Å². The van der Waals surface area contributed by atoms with Crippen LogP contribution >= 0.6 is 11.6 Å². The quantitative estimate of drug-likeness (QED) is 0.597. The lowest BCUT2D eigenvalue weighted by atomic mass is 10.1. The third-order valence-corrected chi connectivity index (χ3v) is 4.55. The fourth-order valence-electron chi connectivity index (χ4n) is 2.97. The monoisotopic (exact) mass is 382 g/mol. The molecule has 0 radical (unpaired) electrons. The topological polar surface area (TPSA) is 98.0 Å². The number of nitrogens with one attached hydrogen (secondary N) is 4. The summed E-state index contributed by atoms with van der Waals surface area (Å²) in [5, 5.41) is 3.86. The molecule has 0 bridgehead atoms. The van der Waals surface area contributed by atoms with Crippen LogP contribution in [-0.4, -0.2) is 66.8 Å². The minimum absolute atomic E-state index is 0.0504. The Morgan fingerprint density at radius 2 is 1.96 bits per heavy atom. The van der Waals surface area contributed by atoms with E-state index in [0.29, 0.717) is 37.8 Å². The Labute approximate surface area is 156 Å². The molecule has 3 rings (SSSR count). The summed E-state index contributed by atoms with van der Waals surface area (Å²) in [6, 6.07) is 6.80. The molecule has 2 aliphatic heterocycles. The molecule has 26 heavy (non-hydrogen) atoms. The van der Waals surface area contributed by atoms with E-state index in [9.17, 15) is 9.59 Å². The van der Waals surface area contributed by atoms with Gasteiger partial charge in [-0.1, -0.05) is 17.7 Å². The Hall–Kier alpha value is -2.07. The van der Waals surface area contributed by atoms with Crippen molar-refractivity contribution in [2.75, 3.05) is 38.1 Å². The molecule has 1 aromatic rings. The average Bonchev–Trinajstić information content (AvgIpc) is 3.09. The molecule has 0 saturated carbocycles. The summed E-state index contributed by atoms with van der Waals surface area (Å²) < 4.78 is 5.00. The van der Waals surface area contributed by atoms with E-state index in [0.717, 1.165) is 5.69 Å². The summed E-state index contributed by atoms with van der Waals surface area (Å²) >= 11 is 6.00. The number of hydrazine groups is 2. The maximum Gasteiger partial charge on any atom is 0.409 e. The van der Waals surface area contributed by atoms with E-state index >= 15 is 0 Å². The van der Waals surface area contributed by atoms with Crippen LogP contribution in [0.5, 0.6) is 0 Å². The molecule has 2 aliphatic rings. The van der Waals surface area contributed by atoms with Crippen LogP contribution in [0.15, 0.2) is 24.3 Å². The SMILES string of the molecule is CCOC(=O)N1CCN(C(=O)C2NNNC2Nc2cccc(Cl)c2)CC1. The second kappa shape index (κ2) is 8.54. The summed E-state index contributed by atoms with van der Waals surface area (Å²) in [6.45, 7) is 3.99. The molecule has 142 valence electrons. The highest BCUT2D eigenvalue weighted by molar-refractivity contribution is 6.30. The Morgan fingerprint density at radius 3 is 2.65 bits per heavy atom. The van der Waals surface area contributed by atoms with Gasteiger partial charge < -0.3 is 19.9 Å². The number of benzene rings is 1. The van der Waals surface area contributed by atoms with Crippen LogP contribution in [0, 0.1) is 0 Å². The van der Waals surface area contributed by atoms with E-state index < -0.39 is 6.04 Å². The molecule has 4 N–H and O–H groups in total. The summed E-state index contributed by atoms with van der Waals surface area (Å²) in [6.07, 6.45) is -0.675. The zero-order chi connectivity index (χ0) is 18.5. The van der Waals surface area contributed by atoms with Gasteiger partial charge in [0.25, 0.3) is 0 Å². The molecule has 9 nitrogen and oxygen atoms in total.